The molecule has 134 valence electrons. The van der Waals surface area contributed by atoms with Crippen LogP contribution in [0, 0.1) is 0 Å². The summed E-state index contributed by atoms with van der Waals surface area (Å²) >= 11 is 12.0. The number of rotatable bonds is 6. The molecule has 1 aromatic heterocycles. The largest absolute Gasteiger partial charge is 0.493 e. The van der Waals surface area contributed by atoms with Crippen molar-refractivity contribution in [1.29, 1.82) is 0 Å². The Labute approximate surface area is 160 Å². The average Bonchev–Trinajstić information content (AvgIpc) is 2.61. The highest BCUT2D eigenvalue weighted by molar-refractivity contribution is 6.35. The number of methoxy groups -OCH3 is 2. The zero-order valence-electron chi connectivity index (χ0n) is 14.0. The molecule has 3 rings (SSSR count). The van der Waals surface area contributed by atoms with E-state index in [1.54, 1.807) is 44.6 Å². The first-order chi connectivity index (χ1) is 12.6. The monoisotopic (exact) mass is 391 g/mol. The van der Waals surface area contributed by atoms with Gasteiger partial charge in [0.15, 0.2) is 17.3 Å². The van der Waals surface area contributed by atoms with Gasteiger partial charge in [-0.25, -0.2) is 0 Å². The number of benzene rings is 2. The van der Waals surface area contributed by atoms with Gasteiger partial charge in [0.2, 0.25) is 5.95 Å². The van der Waals surface area contributed by atoms with Gasteiger partial charge in [-0.1, -0.05) is 23.2 Å². The normalized spacial score (nSPS) is 10.3. The summed E-state index contributed by atoms with van der Waals surface area (Å²) < 4.78 is 10.5. The molecule has 2 aromatic carbocycles. The van der Waals surface area contributed by atoms with Crippen LogP contribution in [0.1, 0.15) is 0 Å². The van der Waals surface area contributed by atoms with Gasteiger partial charge in [0.05, 0.1) is 20.4 Å². The molecule has 0 bridgehead atoms. The van der Waals surface area contributed by atoms with Crippen molar-refractivity contribution in [3.8, 4) is 11.5 Å². The molecule has 0 aliphatic carbocycles. The lowest BCUT2D eigenvalue weighted by molar-refractivity contribution is 0.355. The minimum absolute atomic E-state index is 0.300. The Kier molecular flexibility index (Phi) is 5.60. The summed E-state index contributed by atoms with van der Waals surface area (Å²) in [7, 11) is 3.16. The number of nitrogens with one attached hydrogen (secondary N) is 2. The van der Waals surface area contributed by atoms with Crippen molar-refractivity contribution in [1.82, 2.24) is 15.2 Å². The van der Waals surface area contributed by atoms with Crippen LogP contribution in [-0.2, 0) is 0 Å². The third-order valence-corrected chi connectivity index (χ3v) is 3.77. The Bertz CT molecular complexity index is 903. The molecule has 3 aromatic rings. The SMILES string of the molecule is COc1ccc(Nc2cnnc(Nc3cc(Cl)cc(Cl)c3)n2)cc1OC. The van der Waals surface area contributed by atoms with Crippen molar-refractivity contribution < 1.29 is 9.47 Å². The van der Waals surface area contributed by atoms with Gasteiger partial charge in [0.25, 0.3) is 0 Å². The fourth-order valence-corrected chi connectivity index (χ4v) is 2.76. The van der Waals surface area contributed by atoms with Gasteiger partial charge in [0, 0.05) is 27.5 Å². The van der Waals surface area contributed by atoms with Crippen LogP contribution in [0.4, 0.5) is 23.1 Å². The van der Waals surface area contributed by atoms with Crippen molar-refractivity contribution in [2.45, 2.75) is 0 Å². The molecule has 26 heavy (non-hydrogen) atoms. The second kappa shape index (κ2) is 8.07. The first-order valence-electron chi connectivity index (χ1n) is 7.49. The van der Waals surface area contributed by atoms with E-state index in [9.17, 15) is 0 Å². The molecule has 0 fully saturated rings. The molecule has 0 atom stereocenters. The topological polar surface area (TPSA) is 81.2 Å². The smallest absolute Gasteiger partial charge is 0.249 e. The molecule has 0 saturated heterocycles. The molecule has 0 aliphatic rings. The van der Waals surface area contributed by atoms with Gasteiger partial charge in [0.1, 0.15) is 0 Å². The highest BCUT2D eigenvalue weighted by Crippen LogP contribution is 2.31. The van der Waals surface area contributed by atoms with Gasteiger partial charge in [-0.3, -0.25) is 0 Å². The van der Waals surface area contributed by atoms with E-state index in [0.29, 0.717) is 39.0 Å². The maximum atomic E-state index is 5.99. The fourth-order valence-electron chi connectivity index (χ4n) is 2.23. The second-order valence-electron chi connectivity index (χ2n) is 5.14. The lowest BCUT2D eigenvalue weighted by Gasteiger charge is -2.11. The Balaban J connectivity index is 1.79. The summed E-state index contributed by atoms with van der Waals surface area (Å²) in [4.78, 5) is 4.37. The quantitative estimate of drug-likeness (QED) is 0.630. The number of aromatic nitrogens is 3. The van der Waals surface area contributed by atoms with Crippen LogP contribution in [-0.4, -0.2) is 29.4 Å². The van der Waals surface area contributed by atoms with Crippen molar-refractivity contribution in [3.63, 3.8) is 0 Å². The first kappa shape index (κ1) is 18.0. The summed E-state index contributed by atoms with van der Waals surface area (Å²) in [5.74, 6) is 2.04. The molecule has 0 amide bonds. The summed E-state index contributed by atoms with van der Waals surface area (Å²) in [6.45, 7) is 0. The Morgan fingerprint density at radius 1 is 0.846 bits per heavy atom. The van der Waals surface area contributed by atoms with Crippen LogP contribution in [0.3, 0.4) is 0 Å². The van der Waals surface area contributed by atoms with E-state index in [-0.39, 0.29) is 0 Å². The summed E-state index contributed by atoms with van der Waals surface area (Å²) in [6.07, 6.45) is 1.51. The molecular weight excluding hydrogens is 377 g/mol. The Morgan fingerprint density at radius 3 is 2.27 bits per heavy atom. The van der Waals surface area contributed by atoms with Crippen LogP contribution in [0.25, 0.3) is 0 Å². The molecule has 0 unspecified atom stereocenters. The number of anilines is 4. The number of hydrogen-bond donors (Lipinski definition) is 2. The van der Waals surface area contributed by atoms with Gasteiger partial charge < -0.3 is 20.1 Å². The fraction of sp³-hybridized carbons (Fsp3) is 0.118. The zero-order chi connectivity index (χ0) is 18.5. The molecule has 1 heterocycles. The maximum Gasteiger partial charge on any atom is 0.249 e. The van der Waals surface area contributed by atoms with E-state index < -0.39 is 0 Å². The van der Waals surface area contributed by atoms with E-state index in [2.05, 4.69) is 25.8 Å². The molecular formula is C17H15Cl2N5O2. The van der Waals surface area contributed by atoms with Gasteiger partial charge in [-0.05, 0) is 30.3 Å². The van der Waals surface area contributed by atoms with Crippen LogP contribution in [0.15, 0.2) is 42.6 Å². The Morgan fingerprint density at radius 2 is 1.58 bits per heavy atom. The van der Waals surface area contributed by atoms with E-state index in [1.807, 2.05) is 6.07 Å². The Hall–Kier alpha value is -2.77. The van der Waals surface area contributed by atoms with E-state index in [1.165, 1.54) is 6.20 Å². The van der Waals surface area contributed by atoms with Gasteiger partial charge in [-0.15, -0.1) is 5.10 Å². The van der Waals surface area contributed by atoms with Crippen LogP contribution >= 0.6 is 23.2 Å². The molecule has 0 spiro atoms. The van der Waals surface area contributed by atoms with E-state index in [4.69, 9.17) is 32.7 Å². The van der Waals surface area contributed by atoms with Crippen molar-refractivity contribution in [3.05, 3.63) is 52.6 Å². The van der Waals surface area contributed by atoms with Crippen LogP contribution < -0.4 is 20.1 Å². The maximum absolute atomic E-state index is 5.99. The van der Waals surface area contributed by atoms with E-state index in [0.717, 1.165) is 5.69 Å². The van der Waals surface area contributed by atoms with Crippen LogP contribution in [0.2, 0.25) is 10.0 Å². The highest BCUT2D eigenvalue weighted by atomic mass is 35.5. The van der Waals surface area contributed by atoms with Gasteiger partial charge >= 0.3 is 0 Å². The minimum atomic E-state index is 0.300. The molecule has 2 N–H and O–H groups in total. The highest BCUT2D eigenvalue weighted by Gasteiger charge is 2.07. The summed E-state index contributed by atoms with van der Waals surface area (Å²) in [5.41, 5.74) is 1.42. The third-order valence-electron chi connectivity index (χ3n) is 3.33. The molecule has 7 nitrogen and oxygen atoms in total. The third kappa shape index (κ3) is 4.44. The van der Waals surface area contributed by atoms with Crippen molar-refractivity contribution in [2.75, 3.05) is 24.9 Å². The molecule has 0 aliphatic heterocycles. The lowest BCUT2D eigenvalue weighted by Crippen LogP contribution is -2.02. The van der Waals surface area contributed by atoms with E-state index >= 15 is 0 Å². The number of hydrogen-bond acceptors (Lipinski definition) is 7. The summed E-state index contributed by atoms with van der Waals surface area (Å²) in [5, 5.41) is 15.1. The number of halogens is 2. The first-order valence-corrected chi connectivity index (χ1v) is 8.25. The van der Waals surface area contributed by atoms with Crippen molar-refractivity contribution in [2.24, 2.45) is 0 Å². The van der Waals surface area contributed by atoms with Crippen LogP contribution in [0.5, 0.6) is 11.5 Å². The molecule has 0 radical (unpaired) electrons. The molecule has 9 heteroatoms. The zero-order valence-corrected chi connectivity index (χ0v) is 15.5. The van der Waals surface area contributed by atoms with Crippen molar-refractivity contribution >= 4 is 46.3 Å². The summed E-state index contributed by atoms with van der Waals surface area (Å²) in [6, 6.07) is 10.5. The molecule has 0 saturated carbocycles. The number of nitrogens with zero attached hydrogens (tertiary/aromatic N) is 3. The standard InChI is InChI=1S/C17H15Cl2N5O2/c1-25-14-4-3-12(8-15(14)26-2)21-16-9-20-24-17(23-16)22-13-6-10(18)5-11(19)7-13/h3-9H,1-2H3,(H2,21,22,23,24). The number of ether oxygens (including phenoxy) is 2. The lowest BCUT2D eigenvalue weighted by atomic mass is 10.2. The average molecular weight is 392 g/mol. The second-order valence-corrected chi connectivity index (χ2v) is 6.02. The minimum Gasteiger partial charge on any atom is -0.493 e. The van der Waals surface area contributed by atoms with Gasteiger partial charge in [-0.2, -0.15) is 10.1 Å². The predicted octanol–water partition coefficient (Wildman–Crippen LogP) is 4.68. The predicted molar refractivity (Wildman–Crippen MR) is 102 cm³/mol.